The van der Waals surface area contributed by atoms with Crippen molar-refractivity contribution in [2.24, 2.45) is 0 Å². The zero-order valence-corrected chi connectivity index (χ0v) is 7.89. The van der Waals surface area contributed by atoms with E-state index in [1.54, 1.807) is 0 Å². The van der Waals surface area contributed by atoms with Crippen LogP contribution in [0.1, 0.15) is 6.42 Å². The molecule has 4 heteroatoms. The van der Waals surface area contributed by atoms with Crippen LogP contribution in [0.5, 0.6) is 0 Å². The van der Waals surface area contributed by atoms with Crippen molar-refractivity contribution in [3.05, 3.63) is 18.3 Å². The molecule has 0 unspecified atom stereocenters. The first-order valence-electron chi connectivity index (χ1n) is 4.93. The number of hydrogen-bond donors (Lipinski definition) is 1. The monoisotopic (exact) mass is 191 g/mol. The third-order valence-electron chi connectivity index (χ3n) is 2.89. The van der Waals surface area contributed by atoms with Gasteiger partial charge in [0.05, 0.1) is 24.1 Å². The van der Waals surface area contributed by atoms with E-state index in [-0.39, 0.29) is 0 Å². The molecule has 0 saturated carbocycles. The maximum atomic E-state index is 5.56. The number of rotatable bonds is 1. The Morgan fingerprint density at radius 3 is 2.64 bits per heavy atom. The van der Waals surface area contributed by atoms with Gasteiger partial charge in [-0.2, -0.15) is 0 Å². The van der Waals surface area contributed by atoms with E-state index in [1.165, 1.54) is 6.42 Å². The molecule has 0 aromatic carbocycles. The first-order chi connectivity index (χ1) is 6.81. The summed E-state index contributed by atoms with van der Waals surface area (Å²) in [5.41, 5.74) is 6.69. The molecule has 4 nitrogen and oxygen atoms in total. The van der Waals surface area contributed by atoms with Gasteiger partial charge in [0, 0.05) is 19.5 Å². The average molecular weight is 191 g/mol. The van der Waals surface area contributed by atoms with E-state index in [2.05, 4.69) is 9.88 Å². The normalized spacial score (nSPS) is 29.9. The number of nitrogens with two attached hydrogens (primary N) is 1. The van der Waals surface area contributed by atoms with Crippen molar-refractivity contribution in [1.82, 2.24) is 4.98 Å². The second-order valence-electron chi connectivity index (χ2n) is 3.96. The Kier molecular flexibility index (Phi) is 1.64. The van der Waals surface area contributed by atoms with Gasteiger partial charge in [-0.3, -0.25) is 0 Å². The molecule has 4 rings (SSSR count). The topological polar surface area (TPSA) is 51.4 Å². The molecule has 3 aliphatic heterocycles. The van der Waals surface area contributed by atoms with Gasteiger partial charge in [-0.1, -0.05) is 0 Å². The minimum Gasteiger partial charge on any atom is -0.384 e. The van der Waals surface area contributed by atoms with Crippen molar-refractivity contribution in [3.8, 4) is 0 Å². The number of anilines is 2. The van der Waals surface area contributed by atoms with Crippen molar-refractivity contribution in [1.29, 1.82) is 0 Å². The average Bonchev–Trinajstić information content (AvgIpc) is 2.18. The summed E-state index contributed by atoms with van der Waals surface area (Å²) in [5, 5.41) is 0. The Hall–Kier alpha value is -1.29. The van der Waals surface area contributed by atoms with Crippen molar-refractivity contribution in [2.45, 2.75) is 18.6 Å². The van der Waals surface area contributed by atoms with E-state index < -0.39 is 0 Å². The van der Waals surface area contributed by atoms with Gasteiger partial charge in [0.15, 0.2) is 0 Å². The molecule has 2 N–H and O–H groups in total. The van der Waals surface area contributed by atoms with Gasteiger partial charge < -0.3 is 15.4 Å². The van der Waals surface area contributed by atoms with Crippen LogP contribution in [0.2, 0.25) is 0 Å². The molecule has 0 radical (unpaired) electrons. The number of aromatic nitrogens is 1. The fourth-order valence-electron chi connectivity index (χ4n) is 2.15. The van der Waals surface area contributed by atoms with Gasteiger partial charge in [0.1, 0.15) is 5.82 Å². The number of hydrogen-bond acceptors (Lipinski definition) is 4. The van der Waals surface area contributed by atoms with E-state index >= 15 is 0 Å². The summed E-state index contributed by atoms with van der Waals surface area (Å²) in [7, 11) is 0. The molecular formula is C10H13N3O. The molecule has 3 saturated heterocycles. The number of pyridine rings is 1. The highest BCUT2D eigenvalue weighted by atomic mass is 16.5. The molecule has 0 spiro atoms. The second kappa shape index (κ2) is 2.85. The number of piperidine rings is 1. The third kappa shape index (κ3) is 1.23. The van der Waals surface area contributed by atoms with Crippen LogP contribution < -0.4 is 10.6 Å². The fourth-order valence-corrected chi connectivity index (χ4v) is 2.15. The Morgan fingerprint density at radius 1 is 1.36 bits per heavy atom. The van der Waals surface area contributed by atoms with Crippen LogP contribution in [-0.2, 0) is 4.74 Å². The van der Waals surface area contributed by atoms with Crippen LogP contribution in [0.3, 0.4) is 0 Å². The Balaban J connectivity index is 1.79. The maximum Gasteiger partial charge on any atom is 0.123 e. The zero-order valence-electron chi connectivity index (χ0n) is 7.89. The number of morpholine rings is 1. The van der Waals surface area contributed by atoms with Crippen molar-refractivity contribution >= 4 is 11.5 Å². The lowest BCUT2D eigenvalue weighted by atomic mass is 9.98. The smallest absolute Gasteiger partial charge is 0.123 e. The first-order valence-corrected chi connectivity index (χ1v) is 4.93. The minimum atomic E-state index is 0.436. The molecule has 0 aliphatic carbocycles. The van der Waals surface area contributed by atoms with Gasteiger partial charge in [-0.05, 0) is 12.1 Å². The molecule has 2 atom stereocenters. The quantitative estimate of drug-likeness (QED) is 0.707. The standard InChI is InChI=1S/C10H13N3O/c11-10-2-1-7(4-12-10)13-5-8-3-9(6-13)14-8/h1-2,4,8-9H,3,5-6H2,(H2,11,12)/t8-,9+. The predicted octanol–water partition coefficient (Wildman–Crippen LogP) is 0.641. The molecule has 2 bridgehead atoms. The number of nitrogen functional groups attached to an aromatic ring is 1. The van der Waals surface area contributed by atoms with E-state index in [0.717, 1.165) is 18.8 Å². The highest BCUT2D eigenvalue weighted by Gasteiger charge is 2.38. The van der Waals surface area contributed by atoms with Crippen LogP contribution >= 0.6 is 0 Å². The first kappa shape index (κ1) is 8.05. The molecule has 74 valence electrons. The Labute approximate surface area is 82.7 Å². The molecule has 14 heavy (non-hydrogen) atoms. The van der Waals surface area contributed by atoms with E-state index in [4.69, 9.17) is 10.5 Å². The largest absolute Gasteiger partial charge is 0.384 e. The van der Waals surface area contributed by atoms with Crippen LogP contribution in [-0.4, -0.2) is 30.3 Å². The lowest BCUT2D eigenvalue weighted by Gasteiger charge is -2.47. The SMILES string of the molecule is Nc1ccc(N2C[C@H]3C[C@@H](C2)O3)cn1. The maximum absolute atomic E-state index is 5.56. The highest BCUT2D eigenvalue weighted by molar-refractivity contribution is 5.49. The molecule has 3 fully saturated rings. The second-order valence-corrected chi connectivity index (χ2v) is 3.96. The summed E-state index contributed by atoms with van der Waals surface area (Å²) in [6, 6.07) is 3.86. The molecule has 3 aliphatic rings. The van der Waals surface area contributed by atoms with Gasteiger partial charge >= 0.3 is 0 Å². The van der Waals surface area contributed by atoms with E-state index in [1.807, 2.05) is 18.3 Å². The van der Waals surface area contributed by atoms with Gasteiger partial charge in [-0.15, -0.1) is 0 Å². The van der Waals surface area contributed by atoms with Crippen molar-refractivity contribution < 1.29 is 4.74 Å². The molecule has 1 aromatic rings. The molecule has 1 aromatic heterocycles. The van der Waals surface area contributed by atoms with Crippen LogP contribution in [0.4, 0.5) is 11.5 Å². The fraction of sp³-hybridized carbons (Fsp3) is 0.500. The van der Waals surface area contributed by atoms with Crippen molar-refractivity contribution in [3.63, 3.8) is 0 Å². The lowest BCUT2D eigenvalue weighted by Crippen LogP contribution is -2.57. The number of ether oxygens (including phenoxy) is 1. The Morgan fingerprint density at radius 2 is 2.07 bits per heavy atom. The lowest BCUT2D eigenvalue weighted by molar-refractivity contribution is -0.133. The third-order valence-corrected chi connectivity index (χ3v) is 2.89. The van der Waals surface area contributed by atoms with Crippen LogP contribution in [0.15, 0.2) is 18.3 Å². The molecule has 0 amide bonds. The van der Waals surface area contributed by atoms with Crippen molar-refractivity contribution in [2.75, 3.05) is 23.7 Å². The number of fused-ring (bicyclic) bond motifs is 2. The van der Waals surface area contributed by atoms with Crippen LogP contribution in [0.25, 0.3) is 0 Å². The van der Waals surface area contributed by atoms with E-state index in [0.29, 0.717) is 18.0 Å². The summed E-state index contributed by atoms with van der Waals surface area (Å²) in [5.74, 6) is 0.576. The zero-order chi connectivity index (χ0) is 9.54. The van der Waals surface area contributed by atoms with Gasteiger partial charge in [0.2, 0.25) is 0 Å². The van der Waals surface area contributed by atoms with Crippen LogP contribution in [0, 0.1) is 0 Å². The van der Waals surface area contributed by atoms with Gasteiger partial charge in [0.25, 0.3) is 0 Å². The summed E-state index contributed by atoms with van der Waals surface area (Å²) in [6.07, 6.45) is 3.93. The molecular weight excluding hydrogens is 178 g/mol. The minimum absolute atomic E-state index is 0.436. The summed E-state index contributed by atoms with van der Waals surface area (Å²) >= 11 is 0. The summed E-state index contributed by atoms with van der Waals surface area (Å²) in [4.78, 5) is 6.40. The summed E-state index contributed by atoms with van der Waals surface area (Å²) < 4.78 is 5.56. The summed E-state index contributed by atoms with van der Waals surface area (Å²) in [6.45, 7) is 1.98. The van der Waals surface area contributed by atoms with Gasteiger partial charge in [-0.25, -0.2) is 4.98 Å². The highest BCUT2D eigenvalue weighted by Crippen LogP contribution is 2.30. The number of nitrogens with zero attached hydrogens (tertiary/aromatic N) is 2. The molecule has 4 heterocycles. The van der Waals surface area contributed by atoms with E-state index in [9.17, 15) is 0 Å². The predicted molar refractivity (Wildman–Crippen MR) is 54.1 cm³/mol. The Bertz CT molecular complexity index is 322.